The largest absolute Gasteiger partial charge is 0.323 e. The van der Waals surface area contributed by atoms with Gasteiger partial charge < -0.3 is 0 Å². The fraction of sp³-hybridized carbons (Fsp3) is 0.231. The highest BCUT2D eigenvalue weighted by Gasteiger charge is 2.31. The van der Waals surface area contributed by atoms with Gasteiger partial charge in [-0.2, -0.15) is 43.1 Å². The minimum Gasteiger partial charge on any atom is -0.234 e. The molecule has 0 bridgehead atoms. The second kappa shape index (κ2) is 13.1. The number of halogens is 3. The van der Waals surface area contributed by atoms with Gasteiger partial charge in [-0.15, -0.1) is 9.19 Å². The van der Waals surface area contributed by atoms with Gasteiger partial charge >= 0.3 is 30.4 Å². The number of benzene rings is 2. The molecule has 0 amide bonds. The van der Waals surface area contributed by atoms with E-state index in [1.165, 1.54) is 47.2 Å². The molecule has 0 fully saturated rings. The lowest BCUT2D eigenvalue weighted by Gasteiger charge is -2.15. The van der Waals surface area contributed by atoms with E-state index in [1.54, 1.807) is 18.2 Å². The molecular formula is C26H26BrClFN9O6S3. The van der Waals surface area contributed by atoms with Crippen LogP contribution in [0.25, 0.3) is 22.2 Å². The molecule has 0 unspecified atom stereocenters. The molecule has 3 aromatic heterocycles. The van der Waals surface area contributed by atoms with Crippen LogP contribution in [0.4, 0.5) is 4.39 Å². The summed E-state index contributed by atoms with van der Waals surface area (Å²) in [4.78, 5) is 7.46. The van der Waals surface area contributed by atoms with Crippen LogP contribution in [0.15, 0.2) is 58.4 Å². The highest BCUT2D eigenvalue weighted by molar-refractivity contribution is 9.10. The third-order valence-corrected chi connectivity index (χ3v) is 12.7. The zero-order chi connectivity index (χ0) is 35.2. The number of hydrogen-bond acceptors (Lipinski definition) is 10. The van der Waals surface area contributed by atoms with Crippen molar-refractivity contribution in [3.63, 3.8) is 0 Å². The number of hydrogen-bond donors (Lipinski definition) is 0. The molecule has 0 aliphatic heterocycles. The Balaban J connectivity index is 0.000000218. The van der Waals surface area contributed by atoms with E-state index in [0.29, 0.717) is 19.5 Å². The van der Waals surface area contributed by atoms with E-state index in [2.05, 4.69) is 31.0 Å². The first kappa shape index (κ1) is 36.1. The molecular weight excluding hydrogens is 765 g/mol. The Hall–Kier alpha value is -3.71. The average molecular weight is 791 g/mol. The number of aromatic nitrogens is 6. The molecule has 0 radical (unpaired) electrons. The number of aryl methyl sites for hydroxylation is 1. The molecule has 47 heavy (non-hydrogen) atoms. The summed E-state index contributed by atoms with van der Waals surface area (Å²) in [5, 5.41) is 12.4. The van der Waals surface area contributed by atoms with Gasteiger partial charge in [0.25, 0.3) is 5.16 Å². The SMILES string of the molecule is Cc1c(Br)c2ccc(F)cc2n1S(=O)(=O)c1ncn(S(=O)(=O)N(C)C)n1.Cc1ccc(-c2c(Cl)nc(C#N)n2S(=O)(=O)N(C)C)cc1. The number of nitriles is 1. The van der Waals surface area contributed by atoms with Crippen molar-refractivity contribution in [2.45, 2.75) is 19.0 Å². The van der Waals surface area contributed by atoms with Crippen LogP contribution in [0.1, 0.15) is 17.1 Å². The minimum atomic E-state index is -4.36. The van der Waals surface area contributed by atoms with Crippen molar-refractivity contribution in [1.82, 2.24) is 35.7 Å². The van der Waals surface area contributed by atoms with Crippen LogP contribution in [0, 0.1) is 31.0 Å². The molecule has 0 saturated carbocycles. The topological polar surface area (TPSA) is 186 Å². The summed E-state index contributed by atoms with van der Waals surface area (Å²) in [6, 6.07) is 12.6. The maximum atomic E-state index is 13.7. The first-order chi connectivity index (χ1) is 21.8. The first-order valence-electron chi connectivity index (χ1n) is 13.0. The van der Waals surface area contributed by atoms with E-state index in [-0.39, 0.29) is 27.9 Å². The second-order valence-corrected chi connectivity index (χ2v) is 17.0. The van der Waals surface area contributed by atoms with Crippen molar-refractivity contribution >= 4 is 68.9 Å². The van der Waals surface area contributed by atoms with E-state index in [1.807, 2.05) is 19.1 Å². The Morgan fingerprint density at radius 3 is 2.06 bits per heavy atom. The van der Waals surface area contributed by atoms with Gasteiger partial charge in [-0.3, -0.25) is 0 Å². The monoisotopic (exact) mass is 789 g/mol. The Bertz CT molecular complexity index is 2380. The smallest absolute Gasteiger partial charge is 0.234 e. The third-order valence-electron chi connectivity index (χ3n) is 6.57. The second-order valence-electron chi connectivity index (χ2n) is 10.1. The highest BCUT2D eigenvalue weighted by atomic mass is 79.9. The van der Waals surface area contributed by atoms with Crippen LogP contribution in [-0.2, 0) is 30.4 Å². The number of nitrogens with zero attached hydrogens (tertiary/aromatic N) is 9. The molecule has 0 spiro atoms. The summed E-state index contributed by atoms with van der Waals surface area (Å²) in [6.45, 7) is 3.44. The summed E-state index contributed by atoms with van der Waals surface area (Å²) in [7, 11) is -6.99. The van der Waals surface area contributed by atoms with E-state index >= 15 is 0 Å². The quantitative estimate of drug-likeness (QED) is 0.237. The summed E-state index contributed by atoms with van der Waals surface area (Å²) < 4.78 is 93.1. The van der Waals surface area contributed by atoms with E-state index in [9.17, 15) is 29.6 Å². The highest BCUT2D eigenvalue weighted by Crippen LogP contribution is 2.34. The van der Waals surface area contributed by atoms with Crippen molar-refractivity contribution in [1.29, 1.82) is 5.26 Å². The van der Waals surface area contributed by atoms with Crippen LogP contribution in [0.3, 0.4) is 0 Å². The van der Waals surface area contributed by atoms with Crippen LogP contribution in [0.5, 0.6) is 0 Å². The van der Waals surface area contributed by atoms with Gasteiger partial charge in [-0.05, 0) is 48.0 Å². The standard InChI is InChI=1S/C13H13BrFN5O4S2.C13H13ClN4O2S/c1-8-12(14)10-5-4-9(15)6-11(10)20(8)25(21,22)13-16-7-19(17-13)26(23,24)18(2)3;1-9-4-6-10(7-5-9)12-13(14)16-11(8-15)18(12)21(19,20)17(2)3/h4-7H,1-3H3;4-7H,1-3H3. The minimum absolute atomic E-state index is 0.0270. The summed E-state index contributed by atoms with van der Waals surface area (Å²) in [6.07, 6.45) is 0.791. The predicted octanol–water partition coefficient (Wildman–Crippen LogP) is 3.37. The normalized spacial score (nSPS) is 12.4. The lowest BCUT2D eigenvalue weighted by Crippen LogP contribution is -2.30. The molecule has 250 valence electrons. The molecule has 0 saturated heterocycles. The third kappa shape index (κ3) is 6.56. The molecule has 5 rings (SSSR count). The maximum Gasteiger partial charge on any atom is 0.323 e. The Kier molecular flexibility index (Phi) is 10.0. The lowest BCUT2D eigenvalue weighted by atomic mass is 10.1. The van der Waals surface area contributed by atoms with Crippen molar-refractivity contribution in [3.05, 3.63) is 81.3 Å². The van der Waals surface area contributed by atoms with Crippen molar-refractivity contribution in [3.8, 4) is 17.3 Å². The van der Waals surface area contributed by atoms with Crippen LogP contribution in [0.2, 0.25) is 5.15 Å². The van der Waals surface area contributed by atoms with Gasteiger partial charge in [0.15, 0.2) is 5.15 Å². The van der Waals surface area contributed by atoms with E-state index in [4.69, 9.17) is 16.9 Å². The number of fused-ring (bicyclic) bond motifs is 1. The molecule has 2 aromatic carbocycles. The first-order valence-corrected chi connectivity index (χ1v) is 18.4. The maximum absolute atomic E-state index is 13.7. The Morgan fingerprint density at radius 2 is 1.51 bits per heavy atom. The van der Waals surface area contributed by atoms with Gasteiger partial charge in [0.05, 0.1) is 5.52 Å². The average Bonchev–Trinajstić information content (AvgIpc) is 3.69. The van der Waals surface area contributed by atoms with Crippen molar-refractivity contribution in [2.75, 3.05) is 28.2 Å². The van der Waals surface area contributed by atoms with Gasteiger partial charge in [-0.1, -0.05) is 41.4 Å². The van der Waals surface area contributed by atoms with Gasteiger partial charge in [0, 0.05) is 49.3 Å². The fourth-order valence-corrected chi connectivity index (χ4v) is 8.27. The molecule has 15 nitrogen and oxygen atoms in total. The summed E-state index contributed by atoms with van der Waals surface area (Å²) in [5.41, 5.74) is 2.14. The van der Waals surface area contributed by atoms with Crippen molar-refractivity contribution in [2.24, 2.45) is 0 Å². The molecule has 5 aromatic rings. The van der Waals surface area contributed by atoms with Crippen LogP contribution >= 0.6 is 27.5 Å². The van der Waals surface area contributed by atoms with Gasteiger partial charge in [0.2, 0.25) is 5.82 Å². The Labute approximate surface area is 284 Å². The van der Waals surface area contributed by atoms with Gasteiger partial charge in [-0.25, -0.2) is 18.3 Å². The van der Waals surface area contributed by atoms with E-state index < -0.39 is 41.4 Å². The predicted molar refractivity (Wildman–Crippen MR) is 175 cm³/mol. The molecule has 0 aliphatic carbocycles. The fourth-order valence-electron chi connectivity index (χ4n) is 4.13. The molecule has 0 N–H and O–H groups in total. The summed E-state index contributed by atoms with van der Waals surface area (Å²) >= 11 is 9.34. The number of rotatable bonds is 7. The molecule has 21 heteroatoms. The van der Waals surface area contributed by atoms with E-state index in [0.717, 1.165) is 34.5 Å². The summed E-state index contributed by atoms with van der Waals surface area (Å²) in [5.74, 6) is -0.892. The van der Waals surface area contributed by atoms with Crippen LogP contribution in [-0.4, -0.2) is 89.2 Å². The molecule has 0 atom stereocenters. The zero-order valence-corrected chi connectivity index (χ0v) is 30.2. The molecule has 3 heterocycles. The lowest BCUT2D eigenvalue weighted by molar-refractivity contribution is 0.502. The molecule has 0 aliphatic rings. The van der Waals surface area contributed by atoms with Crippen molar-refractivity contribution < 1.29 is 29.6 Å². The van der Waals surface area contributed by atoms with Crippen LogP contribution < -0.4 is 0 Å². The van der Waals surface area contributed by atoms with Gasteiger partial charge in [0.1, 0.15) is 23.9 Å². The zero-order valence-electron chi connectivity index (χ0n) is 25.5. The number of imidazole rings is 1. The Morgan fingerprint density at radius 1 is 0.915 bits per heavy atom.